The molecule has 0 unspecified atom stereocenters. The first-order chi connectivity index (χ1) is 10.8. The highest BCUT2D eigenvalue weighted by Gasteiger charge is 2.13. The smallest absolute Gasteiger partial charge is 0.119 e. The number of rotatable bonds is 6. The number of para-hydroxylation sites is 1. The molecule has 0 fully saturated rings. The number of aromatic nitrogens is 1. The molecule has 2 aromatic carbocycles. The number of nitrogens with two attached hydrogens (primary N) is 1. The van der Waals surface area contributed by atoms with Crippen LogP contribution in [0.4, 0.5) is 0 Å². The van der Waals surface area contributed by atoms with E-state index in [1.807, 2.05) is 54.7 Å². The molecule has 3 heteroatoms. The molecule has 0 saturated carbocycles. The molecule has 0 aliphatic heterocycles. The van der Waals surface area contributed by atoms with Crippen molar-refractivity contribution in [1.29, 1.82) is 0 Å². The van der Waals surface area contributed by atoms with Gasteiger partial charge in [-0.3, -0.25) is 0 Å². The minimum Gasteiger partial charge on any atom is -0.494 e. The molecular formula is C19H20N2O. The molecule has 3 N–H and O–H groups in total. The monoisotopic (exact) mass is 292 g/mol. The molecule has 0 spiro atoms. The van der Waals surface area contributed by atoms with E-state index in [0.717, 1.165) is 23.4 Å². The average molecular weight is 292 g/mol. The Hall–Kier alpha value is -2.52. The number of hydrogen-bond donors (Lipinski definition) is 2. The zero-order chi connectivity index (χ0) is 15.2. The van der Waals surface area contributed by atoms with E-state index in [4.69, 9.17) is 10.5 Å². The van der Waals surface area contributed by atoms with Crippen LogP contribution < -0.4 is 10.5 Å². The molecule has 1 aromatic heterocycles. The summed E-state index contributed by atoms with van der Waals surface area (Å²) in [6, 6.07) is 22.1. The maximum atomic E-state index is 6.33. The van der Waals surface area contributed by atoms with E-state index >= 15 is 0 Å². The van der Waals surface area contributed by atoms with Crippen molar-refractivity contribution in [1.82, 2.24) is 4.98 Å². The Kier molecular flexibility index (Phi) is 4.56. The summed E-state index contributed by atoms with van der Waals surface area (Å²) in [6.45, 7) is 0.596. The van der Waals surface area contributed by atoms with Crippen LogP contribution >= 0.6 is 0 Å². The molecule has 0 aliphatic rings. The van der Waals surface area contributed by atoms with Crippen LogP contribution in [0.15, 0.2) is 72.9 Å². The van der Waals surface area contributed by atoms with Crippen molar-refractivity contribution >= 4 is 0 Å². The summed E-state index contributed by atoms with van der Waals surface area (Å²) in [4.78, 5) is 3.27. The Morgan fingerprint density at radius 1 is 0.909 bits per heavy atom. The van der Waals surface area contributed by atoms with E-state index < -0.39 is 0 Å². The third-order valence-corrected chi connectivity index (χ3v) is 3.68. The van der Waals surface area contributed by atoms with Crippen LogP contribution in [0.3, 0.4) is 0 Å². The number of nitrogens with one attached hydrogen (secondary N) is 1. The van der Waals surface area contributed by atoms with Gasteiger partial charge in [0, 0.05) is 29.9 Å². The lowest BCUT2D eigenvalue weighted by Gasteiger charge is -2.14. The number of hydrogen-bond acceptors (Lipinski definition) is 2. The lowest BCUT2D eigenvalue weighted by Crippen LogP contribution is -2.15. The van der Waals surface area contributed by atoms with E-state index in [1.165, 1.54) is 5.56 Å². The average Bonchev–Trinajstić information content (AvgIpc) is 3.06. The van der Waals surface area contributed by atoms with Crippen LogP contribution in [-0.4, -0.2) is 11.6 Å². The minimum absolute atomic E-state index is 0.0751. The highest BCUT2D eigenvalue weighted by molar-refractivity contribution is 5.66. The zero-order valence-corrected chi connectivity index (χ0v) is 12.4. The summed E-state index contributed by atoms with van der Waals surface area (Å²) in [5.41, 5.74) is 9.73. The second kappa shape index (κ2) is 6.96. The minimum atomic E-state index is -0.0751. The van der Waals surface area contributed by atoms with Crippen molar-refractivity contribution < 1.29 is 4.74 Å². The molecule has 1 atom stereocenters. The molecule has 0 aliphatic carbocycles. The Labute approximate surface area is 130 Å². The molecule has 0 amide bonds. The largest absolute Gasteiger partial charge is 0.494 e. The highest BCUT2D eigenvalue weighted by atomic mass is 16.5. The SMILES string of the molecule is N[C@@H](CCOc1ccccc1)c1[nH]ccc1-c1ccccc1. The Balaban J connectivity index is 1.64. The Morgan fingerprint density at radius 3 is 2.32 bits per heavy atom. The standard InChI is InChI=1S/C19H20N2O/c20-18(12-14-22-16-9-5-2-6-10-16)19-17(11-13-21-19)15-7-3-1-4-8-15/h1-11,13,18,21H,12,14,20H2/t18-/m0/s1. The second-order valence-corrected chi connectivity index (χ2v) is 5.23. The van der Waals surface area contributed by atoms with Crippen molar-refractivity contribution in [3.8, 4) is 16.9 Å². The normalized spacial score (nSPS) is 12.0. The fourth-order valence-corrected chi connectivity index (χ4v) is 2.52. The van der Waals surface area contributed by atoms with Crippen molar-refractivity contribution in [3.63, 3.8) is 0 Å². The lowest BCUT2D eigenvalue weighted by atomic mass is 10.0. The summed E-state index contributed by atoms with van der Waals surface area (Å²) in [5, 5.41) is 0. The van der Waals surface area contributed by atoms with E-state index in [0.29, 0.717) is 6.61 Å². The van der Waals surface area contributed by atoms with Gasteiger partial charge in [0.05, 0.1) is 6.61 Å². The molecule has 112 valence electrons. The Morgan fingerprint density at radius 2 is 1.59 bits per heavy atom. The summed E-state index contributed by atoms with van der Waals surface area (Å²) in [5.74, 6) is 0.879. The Bertz CT molecular complexity index is 692. The lowest BCUT2D eigenvalue weighted by molar-refractivity contribution is 0.298. The molecule has 0 saturated heterocycles. The first-order valence-corrected chi connectivity index (χ1v) is 7.51. The summed E-state index contributed by atoms with van der Waals surface area (Å²) in [6.07, 6.45) is 2.70. The van der Waals surface area contributed by atoms with Crippen LogP contribution in [-0.2, 0) is 0 Å². The van der Waals surface area contributed by atoms with E-state index in [1.54, 1.807) is 0 Å². The number of benzene rings is 2. The van der Waals surface area contributed by atoms with Crippen LogP contribution in [0, 0.1) is 0 Å². The fourth-order valence-electron chi connectivity index (χ4n) is 2.52. The van der Waals surface area contributed by atoms with Gasteiger partial charge < -0.3 is 15.5 Å². The first kappa shape index (κ1) is 14.4. The number of aromatic amines is 1. The molecule has 3 aromatic rings. The maximum Gasteiger partial charge on any atom is 0.119 e. The second-order valence-electron chi connectivity index (χ2n) is 5.23. The molecule has 1 heterocycles. The van der Waals surface area contributed by atoms with Crippen LogP contribution in [0.2, 0.25) is 0 Å². The van der Waals surface area contributed by atoms with Crippen LogP contribution in [0.25, 0.3) is 11.1 Å². The van der Waals surface area contributed by atoms with Gasteiger partial charge in [-0.15, -0.1) is 0 Å². The highest BCUT2D eigenvalue weighted by Crippen LogP contribution is 2.27. The van der Waals surface area contributed by atoms with Gasteiger partial charge >= 0.3 is 0 Å². The summed E-state index contributed by atoms with van der Waals surface area (Å²) >= 11 is 0. The molecule has 3 rings (SSSR count). The van der Waals surface area contributed by atoms with Crippen molar-refractivity contribution in [2.75, 3.05) is 6.61 Å². The van der Waals surface area contributed by atoms with Crippen LogP contribution in [0.1, 0.15) is 18.2 Å². The first-order valence-electron chi connectivity index (χ1n) is 7.51. The van der Waals surface area contributed by atoms with Crippen molar-refractivity contribution in [2.24, 2.45) is 5.73 Å². The van der Waals surface area contributed by atoms with E-state index in [-0.39, 0.29) is 6.04 Å². The predicted octanol–water partition coefficient (Wildman–Crippen LogP) is 4.15. The number of ether oxygens (including phenoxy) is 1. The summed E-state index contributed by atoms with van der Waals surface area (Å²) < 4.78 is 5.73. The van der Waals surface area contributed by atoms with Gasteiger partial charge in [0.1, 0.15) is 5.75 Å². The zero-order valence-electron chi connectivity index (χ0n) is 12.4. The van der Waals surface area contributed by atoms with Gasteiger partial charge in [-0.1, -0.05) is 48.5 Å². The molecular weight excluding hydrogens is 272 g/mol. The van der Waals surface area contributed by atoms with Gasteiger partial charge in [0.15, 0.2) is 0 Å². The molecule has 0 bridgehead atoms. The van der Waals surface area contributed by atoms with Crippen LogP contribution in [0.5, 0.6) is 5.75 Å². The van der Waals surface area contributed by atoms with Gasteiger partial charge in [0.25, 0.3) is 0 Å². The topological polar surface area (TPSA) is 51.0 Å². The van der Waals surface area contributed by atoms with Crippen molar-refractivity contribution in [3.05, 3.63) is 78.6 Å². The van der Waals surface area contributed by atoms with Gasteiger partial charge in [-0.25, -0.2) is 0 Å². The van der Waals surface area contributed by atoms with E-state index in [2.05, 4.69) is 23.2 Å². The van der Waals surface area contributed by atoms with Gasteiger partial charge in [0.2, 0.25) is 0 Å². The summed E-state index contributed by atoms with van der Waals surface area (Å²) in [7, 11) is 0. The van der Waals surface area contributed by atoms with Gasteiger partial charge in [-0.05, 0) is 23.8 Å². The molecule has 3 nitrogen and oxygen atoms in total. The van der Waals surface area contributed by atoms with Crippen molar-refractivity contribution in [2.45, 2.75) is 12.5 Å². The molecule has 22 heavy (non-hydrogen) atoms. The van der Waals surface area contributed by atoms with Gasteiger partial charge in [-0.2, -0.15) is 0 Å². The number of H-pyrrole nitrogens is 1. The van der Waals surface area contributed by atoms with E-state index in [9.17, 15) is 0 Å². The third kappa shape index (κ3) is 3.38. The quantitative estimate of drug-likeness (QED) is 0.717. The predicted molar refractivity (Wildman–Crippen MR) is 89.7 cm³/mol. The third-order valence-electron chi connectivity index (χ3n) is 3.68. The fraction of sp³-hybridized carbons (Fsp3) is 0.158. The molecule has 0 radical (unpaired) electrons. The maximum absolute atomic E-state index is 6.33.